The molecule has 0 saturated heterocycles. The maximum absolute atomic E-state index is 12.5. The molecule has 0 spiro atoms. The normalized spacial score (nSPS) is 15.1. The van der Waals surface area contributed by atoms with Crippen LogP contribution >= 0.6 is 0 Å². The van der Waals surface area contributed by atoms with E-state index in [0.717, 1.165) is 39.0 Å². The number of aromatic nitrogens is 20. The predicted molar refractivity (Wildman–Crippen MR) is 392 cm³/mol. The van der Waals surface area contributed by atoms with Gasteiger partial charge in [-0.05, 0) is 118 Å². The number of imidazole rings is 5. The van der Waals surface area contributed by atoms with Gasteiger partial charge in [0, 0.05) is 127 Å². The van der Waals surface area contributed by atoms with Gasteiger partial charge >= 0.3 is 131 Å². The molecule has 0 fully saturated rings. The van der Waals surface area contributed by atoms with Crippen molar-refractivity contribution >= 4 is 73.9 Å². The fourth-order valence-corrected chi connectivity index (χ4v) is 10.4. The second kappa shape index (κ2) is 45.0. The largest absolute Gasteiger partial charge is 1.00 e. The van der Waals surface area contributed by atoms with E-state index in [1.807, 2.05) is 0 Å². The topological polar surface area (TPSA) is 453 Å². The molecule has 38 nitrogen and oxygen atoms in total. The number of unbranched alkanes of at least 4 members (excludes halogenated alkanes) is 1. The van der Waals surface area contributed by atoms with Crippen molar-refractivity contribution in [3.63, 3.8) is 0 Å². The Morgan fingerprint density at radius 1 is 0.439 bits per heavy atom. The van der Waals surface area contributed by atoms with Crippen LogP contribution < -0.4 is 164 Å². The molecule has 0 radical (unpaired) electrons. The first-order valence-corrected chi connectivity index (χ1v) is 32.1. The maximum Gasteiger partial charge on any atom is 1.00 e. The van der Waals surface area contributed by atoms with Crippen LogP contribution in [-0.4, -0.2) is 145 Å². The van der Waals surface area contributed by atoms with Crippen LogP contribution in [0.5, 0.6) is 0 Å². The number of nitrogens with zero attached hydrogens (tertiary/aromatic N) is 20. The Hall–Kier alpha value is -7.33. The molecule has 10 rings (SSSR count). The third-order valence-corrected chi connectivity index (χ3v) is 15.7. The number of aryl methyl sites for hydroxylation is 10. The van der Waals surface area contributed by atoms with E-state index < -0.39 is 94.5 Å². The van der Waals surface area contributed by atoms with Crippen LogP contribution in [0.1, 0.15) is 160 Å². The molecule has 3 atom stereocenters. The van der Waals surface area contributed by atoms with E-state index in [9.17, 15) is 72.9 Å². The summed E-state index contributed by atoms with van der Waals surface area (Å²) in [6, 6.07) is 0. The number of aliphatic hydroxyl groups is 3. The Labute approximate surface area is 721 Å². The minimum Gasteiger partial charge on any atom is -1.00 e. The standard InChI is InChI=1S/3C13H20N4O3.2C13H18N4O3.CH2O3.CH4.2K.H/c5*1-9(18)6-4-5-7-17-12(19)10-11(14-8-15(10)2)16(3)13(17)20;2-1-4-3;;;;/h3*8-9,18H,4-7H2,1-3H3;2*8H,4-7H2,1-3H3;1,3H;1H4;;;/q;;;;;;;2*+1;-1/p-1/t2*9-;;;;;;;;/m10......../s1/i3*6D2,8D,9D;6D2,8D;;;;;;. The van der Waals surface area contributed by atoms with Gasteiger partial charge in [-0.2, -0.15) is 0 Å². The van der Waals surface area contributed by atoms with Crippen molar-refractivity contribution in [1.82, 2.24) is 93.4 Å². The first kappa shape index (κ1) is 72.5. The summed E-state index contributed by atoms with van der Waals surface area (Å²) >= 11 is 0. The van der Waals surface area contributed by atoms with Crippen molar-refractivity contribution < 1.29 is 165 Å². The number of rotatable bonds is 26. The Morgan fingerprint density at radius 3 is 0.888 bits per heavy atom. The van der Waals surface area contributed by atoms with Gasteiger partial charge in [0.25, 0.3) is 34.3 Å². The molecule has 580 valence electrons. The first-order valence-electron chi connectivity index (χ1n) is 39.6. The van der Waals surface area contributed by atoms with Gasteiger partial charge in [-0.25, -0.2) is 48.9 Å². The van der Waals surface area contributed by atoms with E-state index >= 15 is 0 Å². The molecule has 0 aliphatic heterocycles. The maximum atomic E-state index is 12.5. The number of carbonyl (C=O) groups is 3. The molecule has 1 unspecified atom stereocenters. The van der Waals surface area contributed by atoms with Gasteiger partial charge in [-0.15, -0.1) is 0 Å². The third-order valence-electron chi connectivity index (χ3n) is 15.7. The van der Waals surface area contributed by atoms with Crippen molar-refractivity contribution in [2.45, 2.75) is 189 Å². The van der Waals surface area contributed by atoms with Gasteiger partial charge in [-0.3, -0.25) is 74.4 Å². The molecule has 0 aromatic carbocycles. The van der Waals surface area contributed by atoms with Crippen LogP contribution in [0.4, 0.5) is 0 Å². The zero-order valence-electron chi connectivity index (χ0n) is 78.4. The molecule has 0 saturated carbocycles. The number of fused-ring (bicyclic) bond motifs is 5. The predicted octanol–water partition coefficient (Wildman–Crippen LogP) is -6.47. The molecule has 40 heteroatoms. The minimum absolute atomic E-state index is 0. The minimum atomic E-state index is -2.27. The zero-order valence-corrected chi connectivity index (χ0v) is 68.6. The Morgan fingerprint density at radius 2 is 0.664 bits per heavy atom. The molecular weight excluding hydrogens is 1450 g/mol. The van der Waals surface area contributed by atoms with Gasteiger partial charge in [0.1, 0.15) is 17.0 Å². The van der Waals surface area contributed by atoms with E-state index in [1.54, 1.807) is 18.7 Å². The summed E-state index contributed by atoms with van der Waals surface area (Å²) in [6.45, 7) is 5.81. The van der Waals surface area contributed by atoms with E-state index in [4.69, 9.17) is 30.6 Å². The molecule has 10 aromatic heterocycles. The van der Waals surface area contributed by atoms with Gasteiger partial charge in [0.05, 0.1) is 53.9 Å². The second-order valence-corrected chi connectivity index (χ2v) is 23.6. The monoisotopic (exact) mass is 1570 g/mol. The quantitative estimate of drug-likeness (QED) is 0.0149. The van der Waals surface area contributed by atoms with Crippen molar-refractivity contribution in [1.29, 1.82) is 0 Å². The molecule has 10 heterocycles. The third kappa shape index (κ3) is 24.6. The van der Waals surface area contributed by atoms with E-state index in [1.165, 1.54) is 122 Å². The Balaban J connectivity index is 0.000000754. The van der Waals surface area contributed by atoms with Gasteiger partial charge in [-0.1, -0.05) is 7.43 Å². The molecule has 0 amide bonds. The fraction of sp³-hybridized carbons (Fsp3) is 0.582. The van der Waals surface area contributed by atoms with Gasteiger partial charge in [0.15, 0.2) is 55.8 Å². The number of hydrogen-bond acceptors (Lipinski definition) is 23. The summed E-state index contributed by atoms with van der Waals surface area (Å²) < 4.78 is 132. The summed E-state index contributed by atoms with van der Waals surface area (Å²) in [5.74, 6) is -0.467. The number of hydrogen-bond donors (Lipinski definition) is 3. The Bertz CT molecular complexity index is 5770. The SMILES string of the molecule is C.CC(=O)CCCCn1c(=O)c2c(ncn2C)n(C)c1=O.O=CO[O-].[2H]c1nc2c(c(=O)n(CCCC([2H])([2H])C(C)=O)c(=O)n2C)n1C.[2H]c1nc2c(c(=O)n(CCCC([2H])([2H])C([2H])(C)O)c(=O)n2C)n1C.[2H]c1nc2c(c(=O)n(CCCC([2H])([2H])[C@@]([2H])(C)O)c(=O)n2C)n1C.[2H]c1nc2c(c(=O)n(CCCC([2H])([2H])[C@]([2H])(C)O)c(=O)n2C)n1C.[H-].[K+].[K+]. The van der Waals surface area contributed by atoms with Gasteiger partial charge < -0.3 is 59.3 Å². The average molecular weight is 1570 g/mol. The van der Waals surface area contributed by atoms with Crippen molar-refractivity contribution in [2.24, 2.45) is 70.5 Å². The van der Waals surface area contributed by atoms with Crippen LogP contribution in [0, 0.1) is 0 Å². The first-order chi connectivity index (χ1) is 54.6. The average Bonchev–Trinajstić information content (AvgIpc) is 1.64. The van der Waals surface area contributed by atoms with Crippen molar-refractivity contribution in [3.8, 4) is 0 Å². The van der Waals surface area contributed by atoms with Crippen LogP contribution in [0.25, 0.3) is 55.8 Å². The molecular formula is C67H102K2N20O18. The molecule has 10 aromatic rings. The number of ketones is 2. The zero-order chi connectivity index (χ0) is 91.1. The molecule has 107 heavy (non-hydrogen) atoms. The van der Waals surface area contributed by atoms with Crippen LogP contribution in [0.15, 0.2) is 79.5 Å². The van der Waals surface area contributed by atoms with Gasteiger partial charge in [0.2, 0.25) is 0 Å². The van der Waals surface area contributed by atoms with Crippen molar-refractivity contribution in [2.75, 3.05) is 0 Å². The molecule has 3 N–H and O–H groups in total. The number of Topliss-reactive ketones (excluding diaryl/α,β-unsaturated/α-hetero) is 2. The smallest absolute Gasteiger partial charge is 1.00 e. The van der Waals surface area contributed by atoms with E-state index in [-0.39, 0.29) is 283 Å². The van der Waals surface area contributed by atoms with Crippen LogP contribution in [0.2, 0.25) is 0 Å². The number of carbonyl (C=O) groups excluding carboxylic acids is 3. The molecule has 0 bridgehead atoms. The molecule has 0 aliphatic rings. The molecule has 0 aliphatic carbocycles. The second-order valence-electron chi connectivity index (χ2n) is 23.6. The van der Waals surface area contributed by atoms with E-state index in [2.05, 4.69) is 29.8 Å². The fourth-order valence-electron chi connectivity index (χ4n) is 10.4. The van der Waals surface area contributed by atoms with E-state index in [0.29, 0.717) is 37.0 Å². The van der Waals surface area contributed by atoms with Crippen LogP contribution in [-0.2, 0) is 122 Å². The van der Waals surface area contributed by atoms with Crippen LogP contribution in [0.3, 0.4) is 0 Å². The van der Waals surface area contributed by atoms with Crippen molar-refractivity contribution in [3.05, 3.63) is 136 Å². The summed E-state index contributed by atoms with van der Waals surface area (Å²) in [6.07, 6.45) is -12.8. The summed E-state index contributed by atoms with van der Waals surface area (Å²) in [7, 11) is 15.1. The summed E-state index contributed by atoms with van der Waals surface area (Å²) in [5.41, 5.74) is -3.63. The summed E-state index contributed by atoms with van der Waals surface area (Å²) in [4.78, 5) is 177. The summed E-state index contributed by atoms with van der Waals surface area (Å²) in [5, 5.41) is 36.9. The Kier molecular flexibility index (Phi) is 30.5.